The summed E-state index contributed by atoms with van der Waals surface area (Å²) in [4.78, 5) is 5.28. The predicted octanol–water partition coefficient (Wildman–Crippen LogP) is 10.9. The number of hydrogen-bond donors (Lipinski definition) is 0. The standard InChI is InChI=1S/C41H39GeN3O/c1-25(2)34-22-29(28-16-18-30(19-17-28)42(5,6)7)23-35(26(3)4)39(34)45-37-14-9-8-13-36(37)44-41(45)33-12-10-11-32-31-20-15-27(24-43)21-38(31)46-40(32)33/h8-23,25-26H,1-7H3. The van der Waals surface area contributed by atoms with Crippen LogP contribution in [0.25, 0.3) is 61.2 Å². The summed E-state index contributed by atoms with van der Waals surface area (Å²) in [6.45, 7) is 9.14. The van der Waals surface area contributed by atoms with Gasteiger partial charge in [-0.25, -0.2) is 0 Å². The second-order valence-electron chi connectivity index (χ2n) is 14.0. The fraction of sp³-hybridized carbons (Fsp3) is 0.220. The van der Waals surface area contributed by atoms with Crippen LogP contribution in [-0.2, 0) is 0 Å². The van der Waals surface area contributed by atoms with Crippen LogP contribution in [0.4, 0.5) is 0 Å². The van der Waals surface area contributed by atoms with E-state index < -0.39 is 13.3 Å². The van der Waals surface area contributed by atoms with E-state index in [1.54, 1.807) is 0 Å². The van der Waals surface area contributed by atoms with Gasteiger partial charge in [0.2, 0.25) is 0 Å². The Hall–Kier alpha value is -4.60. The maximum atomic E-state index is 9.52. The number of imidazole rings is 1. The molecule has 0 N–H and O–H groups in total. The average Bonchev–Trinajstić information content (AvgIpc) is 3.61. The van der Waals surface area contributed by atoms with Crippen LogP contribution < -0.4 is 4.40 Å². The minimum absolute atomic E-state index is 0.275. The topological polar surface area (TPSA) is 54.8 Å². The molecular formula is C41H39GeN3O. The molecule has 0 aliphatic rings. The third kappa shape index (κ3) is 5.04. The van der Waals surface area contributed by atoms with Gasteiger partial charge in [-0.15, -0.1) is 0 Å². The van der Waals surface area contributed by atoms with Gasteiger partial charge < -0.3 is 4.42 Å². The van der Waals surface area contributed by atoms with Crippen molar-refractivity contribution in [1.82, 2.24) is 9.55 Å². The van der Waals surface area contributed by atoms with Gasteiger partial charge in [0.05, 0.1) is 11.6 Å². The third-order valence-electron chi connectivity index (χ3n) is 9.15. The van der Waals surface area contributed by atoms with E-state index in [9.17, 15) is 5.26 Å². The summed E-state index contributed by atoms with van der Waals surface area (Å²) in [6, 6.07) is 36.7. The first-order chi connectivity index (χ1) is 22.0. The zero-order valence-electron chi connectivity index (χ0n) is 27.6. The van der Waals surface area contributed by atoms with E-state index in [2.05, 4.69) is 134 Å². The molecule has 5 aromatic carbocycles. The molecule has 7 rings (SSSR count). The molecular weight excluding hydrogens is 623 g/mol. The number of para-hydroxylation sites is 3. The second kappa shape index (κ2) is 11.3. The summed E-state index contributed by atoms with van der Waals surface area (Å²) in [5.41, 5.74) is 11.3. The van der Waals surface area contributed by atoms with Gasteiger partial charge in [-0.05, 0) is 18.2 Å². The van der Waals surface area contributed by atoms with Crippen molar-refractivity contribution in [1.29, 1.82) is 5.26 Å². The SMILES string of the molecule is CC(C)c1cc(-c2cc[c]([Ge]([CH3])([CH3])[CH3])cc2)cc(C(C)C)c1-n1c(-c2cccc3c2oc2cc(C#N)ccc23)nc2ccccc21. The van der Waals surface area contributed by atoms with Crippen LogP contribution in [0.2, 0.25) is 17.3 Å². The number of rotatable bonds is 6. The van der Waals surface area contributed by atoms with E-state index >= 15 is 0 Å². The Labute approximate surface area is 273 Å². The molecule has 46 heavy (non-hydrogen) atoms. The Morgan fingerprint density at radius 2 is 1.43 bits per heavy atom. The van der Waals surface area contributed by atoms with Crippen molar-refractivity contribution in [2.24, 2.45) is 0 Å². The molecule has 0 atom stereocenters. The fourth-order valence-corrected chi connectivity index (χ4v) is 9.07. The van der Waals surface area contributed by atoms with Gasteiger partial charge in [0.15, 0.2) is 0 Å². The Bertz CT molecular complexity index is 2280. The summed E-state index contributed by atoms with van der Waals surface area (Å²) in [7, 11) is 0. The molecule has 0 aliphatic heterocycles. The van der Waals surface area contributed by atoms with Crippen LogP contribution in [0.3, 0.4) is 0 Å². The monoisotopic (exact) mass is 663 g/mol. The van der Waals surface area contributed by atoms with Crippen molar-refractivity contribution in [3.8, 4) is 34.3 Å². The maximum absolute atomic E-state index is 9.52. The summed E-state index contributed by atoms with van der Waals surface area (Å²) in [5, 5.41) is 11.5. The number of hydrogen-bond acceptors (Lipinski definition) is 3. The van der Waals surface area contributed by atoms with Gasteiger partial charge in [0.25, 0.3) is 0 Å². The second-order valence-corrected chi connectivity index (χ2v) is 24.7. The molecule has 2 aromatic heterocycles. The first-order valence-electron chi connectivity index (χ1n) is 16.2. The van der Waals surface area contributed by atoms with Crippen LogP contribution >= 0.6 is 0 Å². The molecule has 0 radical (unpaired) electrons. The molecule has 0 spiro atoms. The Kier molecular flexibility index (Phi) is 7.41. The van der Waals surface area contributed by atoms with Gasteiger partial charge in [-0.1, -0.05) is 18.2 Å². The Balaban J connectivity index is 1.52. The Morgan fingerprint density at radius 1 is 0.739 bits per heavy atom. The first-order valence-corrected chi connectivity index (χ1v) is 23.5. The predicted molar refractivity (Wildman–Crippen MR) is 195 cm³/mol. The van der Waals surface area contributed by atoms with Crippen LogP contribution in [0, 0.1) is 11.3 Å². The van der Waals surface area contributed by atoms with Crippen LogP contribution in [0.5, 0.6) is 0 Å². The Morgan fingerprint density at radius 3 is 2.09 bits per heavy atom. The van der Waals surface area contributed by atoms with E-state index in [0.29, 0.717) is 11.1 Å². The van der Waals surface area contributed by atoms with Crippen molar-refractivity contribution < 1.29 is 4.42 Å². The summed E-state index contributed by atoms with van der Waals surface area (Å²) >= 11 is -1.92. The van der Waals surface area contributed by atoms with Crippen molar-refractivity contribution in [2.75, 3.05) is 0 Å². The third-order valence-corrected chi connectivity index (χ3v) is 13.5. The van der Waals surface area contributed by atoms with Crippen LogP contribution in [0.1, 0.15) is 56.2 Å². The van der Waals surface area contributed by atoms with Crippen LogP contribution in [-0.4, -0.2) is 22.8 Å². The summed E-state index contributed by atoms with van der Waals surface area (Å²) < 4.78 is 10.4. The normalized spacial score (nSPS) is 12.2. The molecule has 7 aromatic rings. The molecule has 2 heterocycles. The molecule has 228 valence electrons. The number of benzene rings is 5. The number of aromatic nitrogens is 2. The van der Waals surface area contributed by atoms with E-state index in [-0.39, 0.29) is 11.8 Å². The number of furan rings is 1. The molecule has 4 nitrogen and oxygen atoms in total. The molecule has 0 saturated carbocycles. The zero-order chi connectivity index (χ0) is 32.3. The van der Waals surface area contributed by atoms with E-state index in [4.69, 9.17) is 9.40 Å². The van der Waals surface area contributed by atoms with Gasteiger partial charge in [-0.3, -0.25) is 0 Å². The van der Waals surface area contributed by atoms with E-state index in [1.165, 1.54) is 32.3 Å². The van der Waals surface area contributed by atoms with Gasteiger partial charge in [-0.2, -0.15) is 5.26 Å². The minimum atomic E-state index is -1.92. The van der Waals surface area contributed by atoms with E-state index in [1.807, 2.05) is 18.2 Å². The van der Waals surface area contributed by atoms with Crippen molar-refractivity contribution in [2.45, 2.75) is 56.8 Å². The fourth-order valence-electron chi connectivity index (χ4n) is 6.62. The molecule has 0 unspecified atom stereocenters. The molecule has 0 saturated heterocycles. The molecule has 0 aliphatic carbocycles. The number of fused-ring (bicyclic) bond motifs is 4. The number of nitriles is 1. The molecule has 5 heteroatoms. The van der Waals surface area contributed by atoms with Gasteiger partial charge in [0.1, 0.15) is 5.58 Å². The van der Waals surface area contributed by atoms with E-state index in [0.717, 1.165) is 38.8 Å². The molecule has 0 bridgehead atoms. The summed E-state index contributed by atoms with van der Waals surface area (Å²) in [5.74, 6) is 8.73. The van der Waals surface area contributed by atoms with Crippen molar-refractivity contribution in [3.05, 3.63) is 114 Å². The quantitative estimate of drug-likeness (QED) is 0.167. The van der Waals surface area contributed by atoms with Gasteiger partial charge in [0, 0.05) is 10.8 Å². The van der Waals surface area contributed by atoms with Crippen LogP contribution in [0.15, 0.2) is 101 Å². The first kappa shape index (κ1) is 30.1. The molecule has 0 amide bonds. The average molecular weight is 662 g/mol. The van der Waals surface area contributed by atoms with Crippen molar-refractivity contribution >= 4 is 50.6 Å². The van der Waals surface area contributed by atoms with Gasteiger partial charge >= 0.3 is 201 Å². The van der Waals surface area contributed by atoms with Crippen molar-refractivity contribution in [3.63, 3.8) is 0 Å². The summed E-state index contributed by atoms with van der Waals surface area (Å²) in [6.07, 6.45) is 0. The zero-order valence-corrected chi connectivity index (χ0v) is 29.7. The number of nitrogens with zero attached hydrogens (tertiary/aromatic N) is 3. The molecule has 0 fully saturated rings.